The molecule has 2 rings (SSSR count). The number of anilines is 1. The highest BCUT2D eigenvalue weighted by Gasteiger charge is 2.06. The van der Waals surface area contributed by atoms with Crippen molar-refractivity contribution in [2.45, 2.75) is 6.92 Å². The fourth-order valence-corrected chi connectivity index (χ4v) is 2.07. The minimum atomic E-state index is -0.216. The maximum Gasteiger partial charge on any atom is 0.262 e. The van der Waals surface area contributed by atoms with Crippen molar-refractivity contribution < 1.29 is 9.53 Å². The Balaban J connectivity index is 1.92. The van der Waals surface area contributed by atoms with Crippen molar-refractivity contribution in [3.8, 4) is 5.75 Å². The first-order valence-corrected chi connectivity index (χ1v) is 7.16. The molecule has 2 aromatic carbocycles. The third kappa shape index (κ3) is 4.25. The monoisotopic (exact) mass is 353 g/mol. The third-order valence-corrected chi connectivity index (χ3v) is 3.38. The van der Waals surface area contributed by atoms with Gasteiger partial charge in [-0.3, -0.25) is 4.79 Å². The van der Waals surface area contributed by atoms with Gasteiger partial charge in [-0.1, -0.05) is 33.6 Å². The lowest BCUT2D eigenvalue weighted by Gasteiger charge is -2.10. The molecule has 3 nitrogen and oxygen atoms in total. The number of hydrogen-bond donors (Lipinski definition) is 1. The summed E-state index contributed by atoms with van der Waals surface area (Å²) < 4.78 is 6.42. The SMILES string of the molecule is Cc1ccc(Br)cc1OCC(=O)Nc1ccc(Cl)cc1. The normalized spacial score (nSPS) is 10.2. The molecule has 0 saturated carbocycles. The predicted octanol–water partition coefficient (Wildman–Crippen LogP) is 4.43. The molecule has 0 heterocycles. The molecule has 2 aromatic rings. The molecule has 0 aliphatic heterocycles. The molecule has 0 aliphatic rings. The van der Waals surface area contributed by atoms with Crippen LogP contribution in [0.2, 0.25) is 5.02 Å². The molecule has 104 valence electrons. The minimum absolute atomic E-state index is 0.0417. The van der Waals surface area contributed by atoms with Crippen molar-refractivity contribution in [1.82, 2.24) is 0 Å². The van der Waals surface area contributed by atoms with Gasteiger partial charge in [0.25, 0.3) is 5.91 Å². The summed E-state index contributed by atoms with van der Waals surface area (Å²) >= 11 is 9.15. The first-order valence-electron chi connectivity index (χ1n) is 5.99. The first kappa shape index (κ1) is 14.9. The molecule has 5 heteroatoms. The Labute approximate surface area is 131 Å². The summed E-state index contributed by atoms with van der Waals surface area (Å²) in [6.45, 7) is 1.89. The van der Waals surface area contributed by atoms with Crippen LogP contribution in [0.5, 0.6) is 5.75 Å². The molecule has 1 amide bonds. The number of rotatable bonds is 4. The van der Waals surface area contributed by atoms with Crippen LogP contribution in [-0.4, -0.2) is 12.5 Å². The summed E-state index contributed by atoms with van der Waals surface area (Å²) in [5.41, 5.74) is 1.67. The lowest BCUT2D eigenvalue weighted by Crippen LogP contribution is -2.20. The van der Waals surface area contributed by atoms with E-state index in [0.29, 0.717) is 16.5 Å². The van der Waals surface area contributed by atoms with Crippen molar-refractivity contribution in [2.24, 2.45) is 0 Å². The maximum absolute atomic E-state index is 11.8. The van der Waals surface area contributed by atoms with Crippen LogP contribution in [0.4, 0.5) is 5.69 Å². The molecule has 0 bridgehead atoms. The molecule has 0 radical (unpaired) electrons. The standard InChI is InChI=1S/C15H13BrClNO2/c1-10-2-3-11(16)8-14(10)20-9-15(19)18-13-6-4-12(17)5-7-13/h2-8H,9H2,1H3,(H,18,19). The fourth-order valence-electron chi connectivity index (χ4n) is 1.60. The Kier molecular flexibility index (Phi) is 5.04. The second-order valence-electron chi connectivity index (χ2n) is 4.25. The summed E-state index contributed by atoms with van der Waals surface area (Å²) in [4.78, 5) is 11.8. The highest BCUT2D eigenvalue weighted by atomic mass is 79.9. The zero-order valence-corrected chi connectivity index (χ0v) is 13.2. The molecule has 0 spiro atoms. The van der Waals surface area contributed by atoms with Gasteiger partial charge in [-0.25, -0.2) is 0 Å². The van der Waals surface area contributed by atoms with Crippen molar-refractivity contribution in [1.29, 1.82) is 0 Å². The number of nitrogens with one attached hydrogen (secondary N) is 1. The molecule has 0 aromatic heterocycles. The molecule has 0 aliphatic carbocycles. The van der Waals surface area contributed by atoms with Gasteiger partial charge in [0.15, 0.2) is 6.61 Å². The lowest BCUT2D eigenvalue weighted by molar-refractivity contribution is -0.118. The summed E-state index contributed by atoms with van der Waals surface area (Å²) in [6.07, 6.45) is 0. The van der Waals surface area contributed by atoms with Gasteiger partial charge in [0.05, 0.1) is 0 Å². The van der Waals surface area contributed by atoms with E-state index in [0.717, 1.165) is 10.0 Å². The van der Waals surface area contributed by atoms with E-state index in [4.69, 9.17) is 16.3 Å². The number of hydrogen-bond acceptors (Lipinski definition) is 2. The highest BCUT2D eigenvalue weighted by Crippen LogP contribution is 2.22. The molecule has 20 heavy (non-hydrogen) atoms. The zero-order valence-electron chi connectivity index (χ0n) is 10.8. The van der Waals surface area contributed by atoms with Gasteiger partial charge >= 0.3 is 0 Å². The Morgan fingerprint density at radius 2 is 1.95 bits per heavy atom. The van der Waals surface area contributed by atoms with Gasteiger partial charge < -0.3 is 10.1 Å². The van der Waals surface area contributed by atoms with Crippen LogP contribution in [-0.2, 0) is 4.79 Å². The number of carbonyl (C=O) groups excluding carboxylic acids is 1. The largest absolute Gasteiger partial charge is 0.483 e. The summed E-state index contributed by atoms with van der Waals surface area (Å²) in [5, 5.41) is 3.37. The van der Waals surface area contributed by atoms with Crippen molar-refractivity contribution in [2.75, 3.05) is 11.9 Å². The van der Waals surface area contributed by atoms with Crippen LogP contribution >= 0.6 is 27.5 Å². The van der Waals surface area contributed by atoms with E-state index in [9.17, 15) is 4.79 Å². The van der Waals surface area contributed by atoms with E-state index in [1.807, 2.05) is 25.1 Å². The molecular weight excluding hydrogens is 342 g/mol. The summed E-state index contributed by atoms with van der Waals surface area (Å²) in [5.74, 6) is 0.470. The van der Waals surface area contributed by atoms with Crippen LogP contribution in [0, 0.1) is 6.92 Å². The Hall–Kier alpha value is -1.52. The van der Waals surface area contributed by atoms with E-state index in [-0.39, 0.29) is 12.5 Å². The summed E-state index contributed by atoms with van der Waals surface area (Å²) in [6, 6.07) is 12.6. The number of halogens is 2. The number of benzene rings is 2. The number of aryl methyl sites for hydroxylation is 1. The second kappa shape index (κ2) is 6.77. The van der Waals surface area contributed by atoms with Crippen LogP contribution < -0.4 is 10.1 Å². The van der Waals surface area contributed by atoms with Gasteiger partial charge in [0.1, 0.15) is 5.75 Å². The average Bonchev–Trinajstić information content (AvgIpc) is 2.42. The van der Waals surface area contributed by atoms with E-state index >= 15 is 0 Å². The van der Waals surface area contributed by atoms with E-state index in [1.54, 1.807) is 24.3 Å². The van der Waals surface area contributed by atoms with Gasteiger partial charge in [0.2, 0.25) is 0 Å². The highest BCUT2D eigenvalue weighted by molar-refractivity contribution is 9.10. The maximum atomic E-state index is 11.8. The Morgan fingerprint density at radius 1 is 1.25 bits per heavy atom. The van der Waals surface area contributed by atoms with Crippen LogP contribution in [0.1, 0.15) is 5.56 Å². The molecule has 0 atom stereocenters. The van der Waals surface area contributed by atoms with Gasteiger partial charge in [-0.15, -0.1) is 0 Å². The van der Waals surface area contributed by atoms with Gasteiger partial charge in [-0.2, -0.15) is 0 Å². The van der Waals surface area contributed by atoms with Crippen molar-refractivity contribution in [3.63, 3.8) is 0 Å². The molecule has 0 unspecified atom stereocenters. The second-order valence-corrected chi connectivity index (χ2v) is 5.61. The van der Waals surface area contributed by atoms with Crippen LogP contribution in [0.3, 0.4) is 0 Å². The molecule has 0 saturated heterocycles. The first-order chi connectivity index (χ1) is 9.54. The molecule has 1 N–H and O–H groups in total. The fraction of sp³-hybridized carbons (Fsp3) is 0.133. The topological polar surface area (TPSA) is 38.3 Å². The molecular formula is C15H13BrClNO2. The quantitative estimate of drug-likeness (QED) is 0.882. The summed E-state index contributed by atoms with van der Waals surface area (Å²) in [7, 11) is 0. The molecule has 0 fully saturated rings. The number of amides is 1. The Morgan fingerprint density at radius 3 is 2.65 bits per heavy atom. The van der Waals surface area contributed by atoms with E-state index in [1.165, 1.54) is 0 Å². The zero-order chi connectivity index (χ0) is 14.5. The van der Waals surface area contributed by atoms with Gasteiger partial charge in [0, 0.05) is 15.2 Å². The smallest absolute Gasteiger partial charge is 0.262 e. The van der Waals surface area contributed by atoms with Crippen molar-refractivity contribution >= 4 is 39.1 Å². The van der Waals surface area contributed by atoms with Crippen molar-refractivity contribution in [3.05, 3.63) is 57.5 Å². The third-order valence-electron chi connectivity index (χ3n) is 2.64. The van der Waals surface area contributed by atoms with E-state index in [2.05, 4.69) is 21.2 Å². The predicted molar refractivity (Wildman–Crippen MR) is 84.5 cm³/mol. The van der Waals surface area contributed by atoms with Crippen LogP contribution in [0.15, 0.2) is 46.9 Å². The van der Waals surface area contributed by atoms with Gasteiger partial charge in [-0.05, 0) is 48.9 Å². The number of ether oxygens (including phenoxy) is 1. The van der Waals surface area contributed by atoms with Crippen LogP contribution in [0.25, 0.3) is 0 Å². The Bertz CT molecular complexity index is 614. The van der Waals surface area contributed by atoms with E-state index < -0.39 is 0 Å². The number of carbonyl (C=O) groups is 1. The average molecular weight is 355 g/mol. The minimum Gasteiger partial charge on any atom is -0.483 e. The lowest BCUT2D eigenvalue weighted by atomic mass is 10.2.